The van der Waals surface area contributed by atoms with Gasteiger partial charge in [0.1, 0.15) is 6.10 Å². The molecule has 0 atom stereocenters. The maximum Gasteiger partial charge on any atom is 0.338 e. The van der Waals surface area contributed by atoms with Gasteiger partial charge in [-0.25, -0.2) is 4.79 Å². The molecule has 1 aliphatic heterocycles. The zero-order valence-corrected chi connectivity index (χ0v) is 14.5. The zero-order chi connectivity index (χ0) is 16.9. The molecule has 0 amide bonds. The molecule has 2 aromatic rings. The van der Waals surface area contributed by atoms with Crippen LogP contribution >= 0.6 is 0 Å². The predicted octanol–water partition coefficient (Wildman–Crippen LogP) is 4.12. The number of ether oxygens (including phenoxy) is 1. The Hall–Kier alpha value is -2.13. The molecule has 3 rings (SSSR count). The fourth-order valence-corrected chi connectivity index (χ4v) is 3.28. The van der Waals surface area contributed by atoms with E-state index in [0.717, 1.165) is 38.0 Å². The first-order valence-electron chi connectivity index (χ1n) is 8.66. The van der Waals surface area contributed by atoms with Crippen molar-refractivity contribution in [2.75, 3.05) is 13.1 Å². The first-order chi connectivity index (χ1) is 11.6. The molecule has 24 heavy (non-hydrogen) atoms. The molecule has 0 unspecified atom stereocenters. The van der Waals surface area contributed by atoms with E-state index in [1.165, 1.54) is 11.1 Å². The van der Waals surface area contributed by atoms with Gasteiger partial charge in [-0.3, -0.25) is 4.90 Å². The lowest BCUT2D eigenvalue weighted by molar-refractivity contribution is 0.0103. The number of hydrogen-bond donors (Lipinski definition) is 0. The van der Waals surface area contributed by atoms with Crippen LogP contribution < -0.4 is 0 Å². The Morgan fingerprint density at radius 2 is 1.79 bits per heavy atom. The highest BCUT2D eigenvalue weighted by molar-refractivity contribution is 5.91. The highest BCUT2D eigenvalue weighted by Gasteiger charge is 2.23. The average molecular weight is 323 g/mol. The van der Waals surface area contributed by atoms with Crippen molar-refractivity contribution >= 4 is 5.97 Å². The van der Waals surface area contributed by atoms with Crippen LogP contribution in [-0.2, 0) is 11.3 Å². The summed E-state index contributed by atoms with van der Waals surface area (Å²) in [5.41, 5.74) is 4.18. The summed E-state index contributed by atoms with van der Waals surface area (Å²) in [6.07, 6.45) is 1.85. The monoisotopic (exact) mass is 323 g/mol. The van der Waals surface area contributed by atoms with Crippen molar-refractivity contribution in [1.82, 2.24) is 4.90 Å². The predicted molar refractivity (Wildman–Crippen MR) is 96.1 cm³/mol. The smallest absolute Gasteiger partial charge is 0.338 e. The summed E-state index contributed by atoms with van der Waals surface area (Å²) in [6.45, 7) is 6.91. The van der Waals surface area contributed by atoms with Crippen molar-refractivity contribution in [3.63, 3.8) is 0 Å². The molecule has 0 aliphatic carbocycles. The van der Waals surface area contributed by atoms with E-state index in [1.807, 2.05) is 38.1 Å². The molecule has 126 valence electrons. The number of nitrogens with zero attached hydrogens (tertiary/aromatic N) is 1. The van der Waals surface area contributed by atoms with Crippen LogP contribution in [0.4, 0.5) is 0 Å². The second kappa shape index (κ2) is 7.63. The Balaban J connectivity index is 1.51. The number of carbonyl (C=O) groups is 1. The van der Waals surface area contributed by atoms with Crippen LogP contribution in [-0.4, -0.2) is 30.1 Å². The zero-order valence-electron chi connectivity index (χ0n) is 14.5. The normalized spacial score (nSPS) is 16.1. The molecule has 2 aromatic carbocycles. The maximum atomic E-state index is 12.4. The van der Waals surface area contributed by atoms with Crippen molar-refractivity contribution in [3.05, 3.63) is 70.8 Å². The van der Waals surface area contributed by atoms with E-state index in [0.29, 0.717) is 5.56 Å². The van der Waals surface area contributed by atoms with Gasteiger partial charge in [-0.05, 0) is 43.9 Å². The van der Waals surface area contributed by atoms with Crippen molar-refractivity contribution in [1.29, 1.82) is 0 Å². The first kappa shape index (κ1) is 16.7. The third kappa shape index (κ3) is 4.24. The van der Waals surface area contributed by atoms with Gasteiger partial charge in [0.05, 0.1) is 5.56 Å². The van der Waals surface area contributed by atoms with Crippen molar-refractivity contribution in [2.45, 2.75) is 39.3 Å². The van der Waals surface area contributed by atoms with Crippen LogP contribution in [0.25, 0.3) is 0 Å². The van der Waals surface area contributed by atoms with Gasteiger partial charge in [-0.15, -0.1) is 0 Å². The van der Waals surface area contributed by atoms with Gasteiger partial charge in [-0.1, -0.05) is 48.0 Å². The Morgan fingerprint density at radius 3 is 2.46 bits per heavy atom. The van der Waals surface area contributed by atoms with Gasteiger partial charge in [0.15, 0.2) is 0 Å². The largest absolute Gasteiger partial charge is 0.459 e. The van der Waals surface area contributed by atoms with Crippen LogP contribution in [0.2, 0.25) is 0 Å². The summed E-state index contributed by atoms with van der Waals surface area (Å²) in [6, 6.07) is 16.4. The molecule has 0 aromatic heterocycles. The van der Waals surface area contributed by atoms with E-state index >= 15 is 0 Å². The number of rotatable bonds is 4. The number of benzene rings is 2. The molecule has 1 saturated heterocycles. The summed E-state index contributed by atoms with van der Waals surface area (Å²) in [5, 5.41) is 0. The Kier molecular flexibility index (Phi) is 5.31. The third-order valence-corrected chi connectivity index (χ3v) is 4.66. The molecule has 0 spiro atoms. The van der Waals surface area contributed by atoms with Crippen LogP contribution in [0.3, 0.4) is 0 Å². The number of hydrogen-bond acceptors (Lipinski definition) is 3. The van der Waals surface area contributed by atoms with E-state index in [4.69, 9.17) is 4.74 Å². The number of piperidine rings is 1. The van der Waals surface area contributed by atoms with Gasteiger partial charge in [0.2, 0.25) is 0 Å². The summed E-state index contributed by atoms with van der Waals surface area (Å²) in [5.74, 6) is -0.186. The Labute approximate surface area is 144 Å². The molecular formula is C21H25NO2. The van der Waals surface area contributed by atoms with Gasteiger partial charge in [0, 0.05) is 19.6 Å². The third-order valence-electron chi connectivity index (χ3n) is 4.66. The van der Waals surface area contributed by atoms with Crippen LogP contribution in [0.5, 0.6) is 0 Å². The molecule has 0 radical (unpaired) electrons. The number of carbonyl (C=O) groups excluding carboxylic acids is 1. The van der Waals surface area contributed by atoms with Gasteiger partial charge in [-0.2, -0.15) is 0 Å². The molecule has 1 fully saturated rings. The number of likely N-dealkylation sites (tertiary alicyclic amines) is 1. The summed E-state index contributed by atoms with van der Waals surface area (Å²) < 4.78 is 5.73. The van der Waals surface area contributed by atoms with Gasteiger partial charge < -0.3 is 4.74 Å². The quantitative estimate of drug-likeness (QED) is 0.793. The topological polar surface area (TPSA) is 29.5 Å². The Morgan fingerprint density at radius 1 is 1.08 bits per heavy atom. The van der Waals surface area contributed by atoms with Gasteiger partial charge >= 0.3 is 5.97 Å². The summed E-state index contributed by atoms with van der Waals surface area (Å²) >= 11 is 0. The fraction of sp³-hybridized carbons (Fsp3) is 0.381. The van der Waals surface area contributed by atoms with Crippen molar-refractivity contribution in [3.8, 4) is 0 Å². The van der Waals surface area contributed by atoms with Crippen LogP contribution in [0.15, 0.2) is 48.5 Å². The second-order valence-corrected chi connectivity index (χ2v) is 6.68. The lowest BCUT2D eigenvalue weighted by Gasteiger charge is -2.31. The highest BCUT2D eigenvalue weighted by Crippen LogP contribution is 2.19. The standard InChI is InChI=1S/C21H25NO2/c1-16-8-9-20(17(2)14-16)21(23)24-19-10-12-22(13-11-19)15-18-6-4-3-5-7-18/h3-9,14,19H,10-13,15H2,1-2H3. The lowest BCUT2D eigenvalue weighted by atomic mass is 10.0. The molecule has 0 bridgehead atoms. The Bertz CT molecular complexity index is 688. The second-order valence-electron chi connectivity index (χ2n) is 6.68. The van der Waals surface area contributed by atoms with Crippen molar-refractivity contribution < 1.29 is 9.53 Å². The van der Waals surface area contributed by atoms with Crippen LogP contribution in [0.1, 0.15) is 39.9 Å². The maximum absolute atomic E-state index is 12.4. The fourth-order valence-electron chi connectivity index (χ4n) is 3.28. The minimum absolute atomic E-state index is 0.0326. The van der Waals surface area contributed by atoms with E-state index < -0.39 is 0 Å². The van der Waals surface area contributed by atoms with Crippen LogP contribution in [0, 0.1) is 13.8 Å². The average Bonchev–Trinajstić information content (AvgIpc) is 2.57. The molecule has 0 N–H and O–H groups in total. The molecule has 1 aliphatic rings. The molecular weight excluding hydrogens is 298 g/mol. The van der Waals surface area contributed by atoms with E-state index in [1.54, 1.807) is 0 Å². The summed E-state index contributed by atoms with van der Waals surface area (Å²) in [4.78, 5) is 14.8. The van der Waals surface area contributed by atoms with E-state index in [2.05, 4.69) is 29.2 Å². The number of aryl methyl sites for hydroxylation is 2. The van der Waals surface area contributed by atoms with E-state index in [-0.39, 0.29) is 12.1 Å². The first-order valence-corrected chi connectivity index (χ1v) is 8.66. The minimum Gasteiger partial charge on any atom is -0.459 e. The molecule has 3 heteroatoms. The van der Waals surface area contributed by atoms with E-state index in [9.17, 15) is 4.79 Å². The number of esters is 1. The highest BCUT2D eigenvalue weighted by atomic mass is 16.5. The summed E-state index contributed by atoms with van der Waals surface area (Å²) in [7, 11) is 0. The van der Waals surface area contributed by atoms with Crippen molar-refractivity contribution in [2.24, 2.45) is 0 Å². The SMILES string of the molecule is Cc1ccc(C(=O)OC2CCN(Cc3ccccc3)CC2)c(C)c1. The molecule has 0 saturated carbocycles. The van der Waals surface area contributed by atoms with Gasteiger partial charge in [0.25, 0.3) is 0 Å². The lowest BCUT2D eigenvalue weighted by Crippen LogP contribution is -2.37. The molecule has 3 nitrogen and oxygen atoms in total. The minimum atomic E-state index is -0.186. The molecule has 1 heterocycles.